The molecule has 1 atom stereocenters. The molecule has 0 fully saturated rings. The summed E-state index contributed by atoms with van der Waals surface area (Å²) in [4.78, 5) is 21.5. The van der Waals surface area contributed by atoms with Crippen LogP contribution in [0.1, 0.15) is 13.3 Å². The minimum absolute atomic E-state index is 0.259. The van der Waals surface area contributed by atoms with Crippen molar-refractivity contribution >= 4 is 24.4 Å². The van der Waals surface area contributed by atoms with Crippen LogP contribution in [0.25, 0.3) is 0 Å². The number of carbonyl (C=O) groups excluding carboxylic acids is 2. The summed E-state index contributed by atoms with van der Waals surface area (Å²) >= 11 is 3.94. The van der Waals surface area contributed by atoms with Gasteiger partial charge in [0.2, 0.25) is 5.91 Å². The summed E-state index contributed by atoms with van der Waals surface area (Å²) < 4.78 is 0. The van der Waals surface area contributed by atoms with Gasteiger partial charge in [0, 0.05) is 6.92 Å². The van der Waals surface area contributed by atoms with Crippen LogP contribution in [0.5, 0.6) is 0 Å². The Kier molecular flexibility index (Phi) is 5.48. The van der Waals surface area contributed by atoms with E-state index in [0.29, 0.717) is 12.2 Å². The fourth-order valence-electron chi connectivity index (χ4n) is 0.744. The lowest BCUT2D eigenvalue weighted by atomic mass is 10.2. The largest absolute Gasteiger partial charge is 0.344 e. The number of nitrogens with two attached hydrogens (primary N) is 1. The van der Waals surface area contributed by atoms with Crippen molar-refractivity contribution in [1.29, 1.82) is 0 Å². The van der Waals surface area contributed by atoms with Gasteiger partial charge >= 0.3 is 0 Å². The molecule has 2 amide bonds. The second-order valence-corrected chi connectivity index (χ2v) is 2.72. The van der Waals surface area contributed by atoms with Crippen LogP contribution < -0.4 is 16.6 Å². The van der Waals surface area contributed by atoms with Crippen LogP contribution >= 0.6 is 12.6 Å². The Hall–Kier alpha value is -0.750. The van der Waals surface area contributed by atoms with Gasteiger partial charge in [-0.2, -0.15) is 12.6 Å². The Balaban J connectivity index is 4.02. The fraction of sp³-hybridized carbons (Fsp3) is 0.667. The van der Waals surface area contributed by atoms with Gasteiger partial charge in [-0.1, -0.05) is 0 Å². The number of thiol groups is 1. The van der Waals surface area contributed by atoms with Crippen molar-refractivity contribution in [1.82, 2.24) is 10.7 Å². The predicted octanol–water partition coefficient (Wildman–Crippen LogP) is -1.20. The fourth-order valence-corrected chi connectivity index (χ4v) is 1.00. The number of hydrogen-bond donors (Lipinski definition) is 4. The van der Waals surface area contributed by atoms with Gasteiger partial charge in [0.05, 0.1) is 0 Å². The maximum atomic E-state index is 11.0. The molecule has 0 radical (unpaired) electrons. The van der Waals surface area contributed by atoms with Gasteiger partial charge in [-0.15, -0.1) is 0 Å². The Morgan fingerprint density at radius 3 is 2.50 bits per heavy atom. The summed E-state index contributed by atoms with van der Waals surface area (Å²) in [5.74, 6) is 4.75. The minimum Gasteiger partial charge on any atom is -0.344 e. The number of carbonyl (C=O) groups is 2. The highest BCUT2D eigenvalue weighted by atomic mass is 32.1. The third-order valence-corrected chi connectivity index (χ3v) is 1.51. The Bertz CT molecular complexity index is 174. The first-order valence-corrected chi connectivity index (χ1v) is 4.13. The molecule has 0 heterocycles. The molecule has 4 N–H and O–H groups in total. The second kappa shape index (κ2) is 5.84. The molecule has 5 nitrogen and oxygen atoms in total. The minimum atomic E-state index is -0.579. The summed E-state index contributed by atoms with van der Waals surface area (Å²) in [5, 5.41) is 2.45. The Morgan fingerprint density at radius 2 is 2.17 bits per heavy atom. The molecule has 0 aromatic carbocycles. The van der Waals surface area contributed by atoms with Gasteiger partial charge in [0.1, 0.15) is 6.04 Å². The van der Waals surface area contributed by atoms with Crippen molar-refractivity contribution in [2.75, 3.05) is 5.75 Å². The van der Waals surface area contributed by atoms with E-state index in [4.69, 9.17) is 5.84 Å². The molecule has 0 saturated carbocycles. The number of amides is 2. The van der Waals surface area contributed by atoms with E-state index in [2.05, 4.69) is 17.9 Å². The zero-order valence-electron chi connectivity index (χ0n) is 6.83. The highest BCUT2D eigenvalue weighted by Crippen LogP contribution is 1.93. The van der Waals surface area contributed by atoms with Crippen LogP contribution in [0.4, 0.5) is 0 Å². The van der Waals surface area contributed by atoms with Gasteiger partial charge in [-0.05, 0) is 12.2 Å². The van der Waals surface area contributed by atoms with Crippen LogP contribution in [0, 0.1) is 0 Å². The lowest BCUT2D eigenvalue weighted by Crippen LogP contribution is -2.48. The molecular weight excluding hydrogens is 178 g/mol. The first kappa shape index (κ1) is 11.2. The molecule has 0 spiro atoms. The molecule has 0 aliphatic carbocycles. The van der Waals surface area contributed by atoms with Gasteiger partial charge in [-0.3, -0.25) is 15.0 Å². The van der Waals surface area contributed by atoms with Crippen molar-refractivity contribution in [3.05, 3.63) is 0 Å². The summed E-state index contributed by atoms with van der Waals surface area (Å²) in [5.41, 5.74) is 1.97. The van der Waals surface area contributed by atoms with Crippen molar-refractivity contribution < 1.29 is 9.59 Å². The standard InChI is InChI=1S/C6H13N3O2S/c1-4(10)8-5(2-3-12)6(11)9-7/h5,12H,2-3,7H2,1H3,(H,8,10)(H,9,11). The normalized spacial score (nSPS) is 11.9. The SMILES string of the molecule is CC(=O)NC(CCS)C(=O)NN. The van der Waals surface area contributed by atoms with Crippen LogP contribution in [0.2, 0.25) is 0 Å². The van der Waals surface area contributed by atoms with Crippen LogP contribution in [-0.4, -0.2) is 23.6 Å². The Labute approximate surface area is 76.5 Å². The third kappa shape index (κ3) is 4.20. The summed E-state index contributed by atoms with van der Waals surface area (Å²) in [7, 11) is 0. The van der Waals surface area contributed by atoms with Crippen LogP contribution in [0.3, 0.4) is 0 Å². The molecule has 12 heavy (non-hydrogen) atoms. The average Bonchev–Trinajstić information content (AvgIpc) is 2.01. The molecule has 6 heteroatoms. The lowest BCUT2D eigenvalue weighted by Gasteiger charge is -2.14. The molecule has 70 valence electrons. The van der Waals surface area contributed by atoms with E-state index < -0.39 is 11.9 Å². The molecule has 0 aromatic heterocycles. The summed E-state index contributed by atoms with van der Waals surface area (Å²) in [6, 6.07) is -0.579. The molecule has 0 bridgehead atoms. The Morgan fingerprint density at radius 1 is 1.58 bits per heavy atom. The molecule has 0 saturated heterocycles. The van der Waals surface area contributed by atoms with Gasteiger partial charge in [-0.25, -0.2) is 5.84 Å². The molecular formula is C6H13N3O2S. The highest BCUT2D eigenvalue weighted by Gasteiger charge is 2.16. The van der Waals surface area contributed by atoms with Crippen molar-refractivity contribution in [3.63, 3.8) is 0 Å². The van der Waals surface area contributed by atoms with Crippen molar-refractivity contribution in [2.24, 2.45) is 5.84 Å². The van der Waals surface area contributed by atoms with E-state index in [1.807, 2.05) is 5.43 Å². The third-order valence-electron chi connectivity index (χ3n) is 1.25. The quantitative estimate of drug-likeness (QED) is 0.195. The first-order valence-electron chi connectivity index (χ1n) is 3.50. The molecule has 0 rings (SSSR count). The maximum Gasteiger partial charge on any atom is 0.256 e. The second-order valence-electron chi connectivity index (χ2n) is 2.27. The van der Waals surface area contributed by atoms with Gasteiger partial charge in [0.25, 0.3) is 5.91 Å². The number of hydrazine groups is 1. The number of rotatable bonds is 4. The zero-order chi connectivity index (χ0) is 9.56. The number of nitrogens with one attached hydrogen (secondary N) is 2. The zero-order valence-corrected chi connectivity index (χ0v) is 7.73. The van der Waals surface area contributed by atoms with Gasteiger partial charge in [0.15, 0.2) is 0 Å². The molecule has 0 aliphatic heterocycles. The van der Waals surface area contributed by atoms with E-state index >= 15 is 0 Å². The topological polar surface area (TPSA) is 84.2 Å². The van der Waals surface area contributed by atoms with E-state index in [1.165, 1.54) is 6.92 Å². The van der Waals surface area contributed by atoms with E-state index in [9.17, 15) is 9.59 Å². The van der Waals surface area contributed by atoms with E-state index in [-0.39, 0.29) is 5.91 Å². The molecule has 0 aliphatic rings. The predicted molar refractivity (Wildman–Crippen MR) is 48.4 cm³/mol. The number of hydrogen-bond acceptors (Lipinski definition) is 4. The average molecular weight is 191 g/mol. The van der Waals surface area contributed by atoms with Crippen LogP contribution in [0.15, 0.2) is 0 Å². The molecule has 1 unspecified atom stereocenters. The van der Waals surface area contributed by atoms with E-state index in [1.54, 1.807) is 0 Å². The highest BCUT2D eigenvalue weighted by molar-refractivity contribution is 7.80. The molecule has 0 aromatic rings. The van der Waals surface area contributed by atoms with Crippen molar-refractivity contribution in [3.8, 4) is 0 Å². The van der Waals surface area contributed by atoms with Crippen LogP contribution in [-0.2, 0) is 9.59 Å². The lowest BCUT2D eigenvalue weighted by molar-refractivity contribution is -0.128. The van der Waals surface area contributed by atoms with E-state index in [0.717, 1.165) is 0 Å². The first-order chi connectivity index (χ1) is 5.61. The smallest absolute Gasteiger partial charge is 0.256 e. The van der Waals surface area contributed by atoms with Crippen molar-refractivity contribution in [2.45, 2.75) is 19.4 Å². The summed E-state index contributed by atoms with van der Waals surface area (Å²) in [6.45, 7) is 1.34. The maximum absolute atomic E-state index is 11.0. The monoisotopic (exact) mass is 191 g/mol. The summed E-state index contributed by atoms with van der Waals surface area (Å²) in [6.07, 6.45) is 0.464. The van der Waals surface area contributed by atoms with Gasteiger partial charge < -0.3 is 5.32 Å².